The van der Waals surface area contributed by atoms with Crippen LogP contribution in [0.1, 0.15) is 23.6 Å². The fourth-order valence-corrected chi connectivity index (χ4v) is 4.06. The van der Waals surface area contributed by atoms with Gasteiger partial charge < -0.3 is 10.6 Å². The van der Waals surface area contributed by atoms with Gasteiger partial charge in [-0.1, -0.05) is 54.9 Å². The third-order valence-corrected chi connectivity index (χ3v) is 6.07. The van der Waals surface area contributed by atoms with Gasteiger partial charge in [-0.2, -0.15) is 13.2 Å². The molecule has 190 valence electrons. The molecule has 0 radical (unpaired) electrons. The van der Waals surface area contributed by atoms with Gasteiger partial charge in [0.15, 0.2) is 0 Å². The summed E-state index contributed by atoms with van der Waals surface area (Å²) in [6, 6.07) is 18.0. The maximum Gasteiger partial charge on any atom is 0.416 e. The zero-order chi connectivity index (χ0) is 26.7. The highest BCUT2D eigenvalue weighted by Crippen LogP contribution is 2.35. The third kappa shape index (κ3) is 5.67. The van der Waals surface area contributed by atoms with Crippen molar-refractivity contribution in [2.45, 2.75) is 25.9 Å². The second-order valence-electron chi connectivity index (χ2n) is 8.24. The average Bonchev–Trinajstić information content (AvgIpc) is 3.08. The summed E-state index contributed by atoms with van der Waals surface area (Å²) >= 11 is 6.08. The number of alkyl halides is 3. The lowest BCUT2D eigenvalue weighted by atomic mass is 10.1. The molecule has 1 aliphatic rings. The van der Waals surface area contributed by atoms with Crippen LogP contribution in [0.2, 0.25) is 0 Å². The molecule has 0 atom stereocenters. The fraction of sp³-hybridized carbons (Fsp3) is 0.148. The highest BCUT2D eigenvalue weighted by Gasteiger charge is 2.40. The van der Waals surface area contributed by atoms with Crippen LogP contribution in [-0.2, 0) is 33.4 Å². The Morgan fingerprint density at radius 1 is 0.946 bits per heavy atom. The number of hydrogen-bond acceptors (Lipinski definition) is 4. The summed E-state index contributed by atoms with van der Waals surface area (Å²) in [6.45, 7) is 2.00. The predicted octanol–water partition coefficient (Wildman–Crippen LogP) is 5.88. The standard InChI is InChI=1S/C27H21ClF3N3O3/c1-2-17-6-3-4-9-21(17)33-22(35)14-16-10-12-19(13-11-16)32-24-23(28)25(36)34(26(24)37)20-8-5-7-18(15-20)27(29,30)31/h3-13,15,32H,2,14H2,1H3,(H,33,35). The number of amides is 3. The van der Waals surface area contributed by atoms with Gasteiger partial charge in [0.2, 0.25) is 5.91 Å². The smallest absolute Gasteiger partial charge is 0.350 e. The minimum absolute atomic E-state index is 0.114. The lowest BCUT2D eigenvalue weighted by molar-refractivity contribution is -0.137. The molecule has 6 nitrogen and oxygen atoms in total. The molecule has 0 saturated carbocycles. The molecule has 0 aliphatic carbocycles. The van der Waals surface area contributed by atoms with E-state index in [1.807, 2.05) is 31.2 Å². The lowest BCUT2D eigenvalue weighted by Gasteiger charge is -2.17. The molecule has 10 heteroatoms. The number of carbonyl (C=O) groups is 3. The van der Waals surface area contributed by atoms with Gasteiger partial charge in [0.25, 0.3) is 11.8 Å². The molecule has 1 aliphatic heterocycles. The van der Waals surface area contributed by atoms with Crippen LogP contribution in [0.3, 0.4) is 0 Å². The van der Waals surface area contributed by atoms with E-state index < -0.39 is 28.6 Å². The van der Waals surface area contributed by atoms with Crippen LogP contribution in [0.25, 0.3) is 0 Å². The first-order valence-corrected chi connectivity index (χ1v) is 11.7. The van der Waals surface area contributed by atoms with E-state index in [9.17, 15) is 27.6 Å². The number of rotatable bonds is 7. The van der Waals surface area contributed by atoms with Crippen LogP contribution in [0, 0.1) is 0 Å². The first kappa shape index (κ1) is 26.0. The van der Waals surface area contributed by atoms with E-state index in [-0.39, 0.29) is 23.7 Å². The first-order valence-electron chi connectivity index (χ1n) is 11.3. The summed E-state index contributed by atoms with van der Waals surface area (Å²) in [6.07, 6.45) is -3.75. The monoisotopic (exact) mass is 527 g/mol. The van der Waals surface area contributed by atoms with Crippen molar-refractivity contribution in [1.29, 1.82) is 0 Å². The number of carbonyl (C=O) groups excluding carboxylic acids is 3. The molecule has 0 bridgehead atoms. The number of aryl methyl sites for hydroxylation is 1. The molecule has 3 aromatic carbocycles. The Bertz CT molecular complexity index is 1400. The molecule has 3 amide bonds. The van der Waals surface area contributed by atoms with Gasteiger partial charge >= 0.3 is 6.18 Å². The zero-order valence-corrected chi connectivity index (χ0v) is 20.3. The minimum atomic E-state index is -4.64. The van der Waals surface area contributed by atoms with E-state index in [2.05, 4.69) is 10.6 Å². The first-order chi connectivity index (χ1) is 17.6. The van der Waals surface area contributed by atoms with Gasteiger partial charge in [-0.25, -0.2) is 4.90 Å². The quantitative estimate of drug-likeness (QED) is 0.376. The Labute approximate surface area is 215 Å². The normalized spacial score (nSPS) is 13.8. The van der Waals surface area contributed by atoms with Crippen LogP contribution in [0.5, 0.6) is 0 Å². The van der Waals surface area contributed by atoms with E-state index >= 15 is 0 Å². The second kappa shape index (κ2) is 10.5. The van der Waals surface area contributed by atoms with Gasteiger partial charge in [-0.15, -0.1) is 0 Å². The van der Waals surface area contributed by atoms with Crippen LogP contribution >= 0.6 is 11.6 Å². The van der Waals surface area contributed by atoms with E-state index in [0.717, 1.165) is 29.8 Å². The fourth-order valence-electron chi connectivity index (χ4n) is 3.85. The van der Waals surface area contributed by atoms with Crippen LogP contribution in [0.4, 0.5) is 30.2 Å². The van der Waals surface area contributed by atoms with Gasteiger partial charge in [0.1, 0.15) is 10.7 Å². The van der Waals surface area contributed by atoms with Gasteiger partial charge in [0, 0.05) is 11.4 Å². The van der Waals surface area contributed by atoms with Crippen LogP contribution < -0.4 is 15.5 Å². The summed E-state index contributed by atoms with van der Waals surface area (Å²) in [5.41, 5.74) is 1.38. The molecular formula is C27H21ClF3N3O3. The van der Waals surface area contributed by atoms with E-state index in [4.69, 9.17) is 11.6 Å². The molecule has 0 fully saturated rings. The largest absolute Gasteiger partial charge is 0.416 e. The van der Waals surface area contributed by atoms with Gasteiger partial charge in [0.05, 0.1) is 17.7 Å². The summed E-state index contributed by atoms with van der Waals surface area (Å²) in [5, 5.41) is 5.22. The van der Waals surface area contributed by atoms with Gasteiger partial charge in [-0.3, -0.25) is 14.4 Å². The number of para-hydroxylation sites is 1. The summed E-state index contributed by atoms with van der Waals surface area (Å²) in [7, 11) is 0. The number of nitrogens with zero attached hydrogens (tertiary/aromatic N) is 1. The van der Waals surface area contributed by atoms with E-state index in [1.54, 1.807) is 24.3 Å². The summed E-state index contributed by atoms with van der Waals surface area (Å²) in [5.74, 6) is -2.01. The predicted molar refractivity (Wildman–Crippen MR) is 135 cm³/mol. The Hall–Kier alpha value is -4.11. The summed E-state index contributed by atoms with van der Waals surface area (Å²) < 4.78 is 39.2. The Morgan fingerprint density at radius 2 is 1.65 bits per heavy atom. The number of nitrogens with one attached hydrogen (secondary N) is 2. The molecule has 1 heterocycles. The number of halogens is 4. The Morgan fingerprint density at radius 3 is 2.32 bits per heavy atom. The molecule has 0 saturated heterocycles. The van der Waals surface area contributed by atoms with Crippen molar-refractivity contribution in [3.8, 4) is 0 Å². The second-order valence-corrected chi connectivity index (χ2v) is 8.62. The van der Waals surface area contributed by atoms with Crippen molar-refractivity contribution < 1.29 is 27.6 Å². The molecule has 4 rings (SSSR count). The zero-order valence-electron chi connectivity index (χ0n) is 19.5. The number of hydrogen-bond donors (Lipinski definition) is 2. The molecule has 0 unspecified atom stereocenters. The van der Waals surface area contributed by atoms with Crippen molar-refractivity contribution in [1.82, 2.24) is 0 Å². The Kier molecular flexibility index (Phi) is 7.35. The number of imide groups is 1. The number of benzene rings is 3. The van der Waals surface area contributed by atoms with Gasteiger partial charge in [-0.05, 0) is 53.9 Å². The van der Waals surface area contributed by atoms with E-state index in [0.29, 0.717) is 22.2 Å². The molecule has 2 N–H and O–H groups in total. The third-order valence-electron chi connectivity index (χ3n) is 5.72. The minimum Gasteiger partial charge on any atom is -0.350 e. The average molecular weight is 528 g/mol. The maximum atomic E-state index is 13.1. The molecule has 3 aromatic rings. The van der Waals surface area contributed by atoms with E-state index in [1.165, 1.54) is 6.07 Å². The summed E-state index contributed by atoms with van der Waals surface area (Å²) in [4.78, 5) is 38.6. The van der Waals surface area contributed by atoms with Crippen molar-refractivity contribution >= 4 is 46.4 Å². The maximum absolute atomic E-state index is 13.1. The molecule has 0 spiro atoms. The number of anilines is 3. The molecular weight excluding hydrogens is 507 g/mol. The lowest BCUT2D eigenvalue weighted by Crippen LogP contribution is -2.32. The SMILES string of the molecule is CCc1ccccc1NC(=O)Cc1ccc(NC2=C(Cl)C(=O)N(c3cccc(C(F)(F)F)c3)C2=O)cc1. The Balaban J connectivity index is 1.44. The van der Waals surface area contributed by atoms with Crippen molar-refractivity contribution in [3.63, 3.8) is 0 Å². The van der Waals surface area contributed by atoms with Crippen molar-refractivity contribution in [2.75, 3.05) is 15.5 Å². The molecule has 0 aromatic heterocycles. The topological polar surface area (TPSA) is 78.5 Å². The van der Waals surface area contributed by atoms with Crippen LogP contribution in [0.15, 0.2) is 83.5 Å². The highest BCUT2D eigenvalue weighted by molar-refractivity contribution is 6.53. The molecule has 37 heavy (non-hydrogen) atoms. The van der Waals surface area contributed by atoms with Crippen LogP contribution in [-0.4, -0.2) is 17.7 Å². The van der Waals surface area contributed by atoms with Crippen molar-refractivity contribution in [3.05, 3.63) is 100 Å². The van der Waals surface area contributed by atoms with Crippen molar-refractivity contribution in [2.24, 2.45) is 0 Å². The highest BCUT2D eigenvalue weighted by atomic mass is 35.5.